The normalized spacial score (nSPS) is 16.4. The monoisotopic (exact) mass is 328 g/mol. The van der Waals surface area contributed by atoms with Gasteiger partial charge in [0.25, 0.3) is 0 Å². The maximum absolute atomic E-state index is 12.4. The number of nitrogens with zero attached hydrogens (tertiary/aromatic N) is 3. The Bertz CT molecular complexity index is 782. The summed E-state index contributed by atoms with van der Waals surface area (Å²) < 4.78 is 12.5. The van der Waals surface area contributed by atoms with Gasteiger partial charge in [0, 0.05) is 11.3 Å². The third kappa shape index (κ3) is 2.73. The predicted molar refractivity (Wildman–Crippen MR) is 88.7 cm³/mol. The average Bonchev–Trinajstić information content (AvgIpc) is 3.06. The van der Waals surface area contributed by atoms with Gasteiger partial charge < -0.3 is 14.8 Å². The minimum absolute atomic E-state index is 0.406. The maximum Gasteiger partial charge on any atom is 0.338 e. The van der Waals surface area contributed by atoms with Crippen LogP contribution in [0.5, 0.6) is 5.75 Å². The number of benzene rings is 1. The van der Waals surface area contributed by atoms with E-state index in [1.807, 2.05) is 38.1 Å². The molecule has 0 amide bonds. The van der Waals surface area contributed by atoms with E-state index in [-0.39, 0.29) is 0 Å². The van der Waals surface area contributed by atoms with Crippen LogP contribution in [-0.4, -0.2) is 34.5 Å². The standard InChI is InChI=1S/C17H20N4O3/c1-4-9-24-13-8-6-5-7-12(13)15-14(16(22)23-3)11(2)20-17-18-10-19-21(15)17/h5-8,10,15H,4,9H2,1-3H3,(H,18,19,20)/t15-/m0/s1. The molecule has 0 saturated carbocycles. The molecule has 7 nitrogen and oxygen atoms in total. The first-order valence-electron chi connectivity index (χ1n) is 7.84. The van der Waals surface area contributed by atoms with Crippen LogP contribution >= 0.6 is 0 Å². The number of allylic oxidation sites excluding steroid dienone is 1. The van der Waals surface area contributed by atoms with E-state index in [2.05, 4.69) is 15.4 Å². The fourth-order valence-electron chi connectivity index (χ4n) is 2.80. The number of methoxy groups -OCH3 is 1. The highest BCUT2D eigenvalue weighted by atomic mass is 16.5. The zero-order valence-corrected chi connectivity index (χ0v) is 13.9. The summed E-state index contributed by atoms with van der Waals surface area (Å²) in [5.74, 6) is 0.897. The fourth-order valence-corrected chi connectivity index (χ4v) is 2.80. The number of nitrogens with one attached hydrogen (secondary N) is 1. The van der Waals surface area contributed by atoms with Crippen LogP contribution in [0.15, 0.2) is 41.9 Å². The fraction of sp³-hybridized carbons (Fsp3) is 0.353. The van der Waals surface area contributed by atoms with Gasteiger partial charge in [0.15, 0.2) is 0 Å². The molecule has 0 aliphatic carbocycles. The summed E-state index contributed by atoms with van der Waals surface area (Å²) in [6.45, 7) is 4.47. The maximum atomic E-state index is 12.4. The van der Waals surface area contributed by atoms with Crippen molar-refractivity contribution in [1.29, 1.82) is 0 Å². The van der Waals surface area contributed by atoms with Crippen LogP contribution in [0.3, 0.4) is 0 Å². The molecular formula is C17H20N4O3. The Labute approximate surface area is 140 Å². The van der Waals surface area contributed by atoms with Gasteiger partial charge in [0.2, 0.25) is 5.95 Å². The third-order valence-electron chi connectivity index (χ3n) is 3.87. The van der Waals surface area contributed by atoms with Crippen molar-refractivity contribution in [3.63, 3.8) is 0 Å². The number of carbonyl (C=O) groups excluding carboxylic acids is 1. The molecule has 1 aromatic heterocycles. The number of aromatic nitrogens is 3. The van der Waals surface area contributed by atoms with Crippen molar-refractivity contribution < 1.29 is 14.3 Å². The number of carbonyl (C=O) groups is 1. The first kappa shape index (κ1) is 16.0. The summed E-state index contributed by atoms with van der Waals surface area (Å²) in [5, 5.41) is 7.38. The summed E-state index contributed by atoms with van der Waals surface area (Å²) in [6.07, 6.45) is 2.35. The van der Waals surface area contributed by atoms with Crippen molar-refractivity contribution in [3.05, 3.63) is 47.4 Å². The summed E-state index contributed by atoms with van der Waals surface area (Å²) >= 11 is 0. The van der Waals surface area contributed by atoms with Gasteiger partial charge in [0.05, 0.1) is 19.3 Å². The second kappa shape index (κ2) is 6.74. The van der Waals surface area contributed by atoms with Crippen LogP contribution in [0.25, 0.3) is 0 Å². The zero-order chi connectivity index (χ0) is 17.1. The van der Waals surface area contributed by atoms with Gasteiger partial charge in [-0.05, 0) is 19.4 Å². The Hall–Kier alpha value is -2.83. The minimum atomic E-state index is -0.454. The molecule has 0 saturated heterocycles. The van der Waals surface area contributed by atoms with Crippen LogP contribution < -0.4 is 10.1 Å². The second-order valence-electron chi connectivity index (χ2n) is 5.47. The SMILES string of the molecule is CCCOc1ccccc1[C@H]1C(C(=O)OC)=C(C)Nc2ncnn21. The summed E-state index contributed by atoms with van der Waals surface area (Å²) in [7, 11) is 1.37. The van der Waals surface area contributed by atoms with E-state index in [0.29, 0.717) is 23.8 Å². The Balaban J connectivity index is 2.15. The number of hydrogen-bond acceptors (Lipinski definition) is 6. The highest BCUT2D eigenvalue weighted by Crippen LogP contribution is 2.38. The molecule has 3 rings (SSSR count). The van der Waals surface area contributed by atoms with Gasteiger partial charge in [-0.2, -0.15) is 10.1 Å². The van der Waals surface area contributed by atoms with Gasteiger partial charge in [-0.15, -0.1) is 0 Å². The van der Waals surface area contributed by atoms with Gasteiger partial charge in [-0.3, -0.25) is 0 Å². The van der Waals surface area contributed by atoms with Gasteiger partial charge in [-0.25, -0.2) is 9.48 Å². The third-order valence-corrected chi connectivity index (χ3v) is 3.87. The average molecular weight is 328 g/mol. The molecule has 1 N–H and O–H groups in total. The molecule has 2 aromatic rings. The molecule has 0 bridgehead atoms. The van der Waals surface area contributed by atoms with Crippen molar-refractivity contribution in [3.8, 4) is 5.75 Å². The van der Waals surface area contributed by atoms with E-state index in [0.717, 1.165) is 17.7 Å². The topological polar surface area (TPSA) is 78.3 Å². The van der Waals surface area contributed by atoms with E-state index in [1.54, 1.807) is 4.68 Å². The van der Waals surface area contributed by atoms with E-state index in [9.17, 15) is 4.79 Å². The Kier molecular flexibility index (Phi) is 4.50. The minimum Gasteiger partial charge on any atom is -0.493 e. The molecule has 0 fully saturated rings. The van der Waals surface area contributed by atoms with Crippen molar-refractivity contribution >= 4 is 11.9 Å². The lowest BCUT2D eigenvalue weighted by molar-refractivity contribution is -0.136. The molecule has 2 heterocycles. The molecule has 1 atom stereocenters. The second-order valence-corrected chi connectivity index (χ2v) is 5.47. The largest absolute Gasteiger partial charge is 0.493 e. The molecule has 1 aliphatic rings. The van der Waals surface area contributed by atoms with Crippen LogP contribution in [0, 0.1) is 0 Å². The van der Waals surface area contributed by atoms with Crippen LogP contribution in [0.4, 0.5) is 5.95 Å². The summed E-state index contributed by atoms with van der Waals surface area (Å²) in [6, 6.07) is 7.20. The Morgan fingerprint density at radius 2 is 2.17 bits per heavy atom. The van der Waals surface area contributed by atoms with Gasteiger partial charge in [0.1, 0.15) is 18.1 Å². The quantitative estimate of drug-likeness (QED) is 0.850. The lowest BCUT2D eigenvalue weighted by Gasteiger charge is -2.29. The van der Waals surface area contributed by atoms with Crippen molar-refractivity contribution in [2.24, 2.45) is 0 Å². The number of ether oxygens (including phenoxy) is 2. The number of esters is 1. The Morgan fingerprint density at radius 1 is 1.38 bits per heavy atom. The molecule has 126 valence electrons. The smallest absolute Gasteiger partial charge is 0.338 e. The number of fused-ring (bicyclic) bond motifs is 1. The molecule has 1 aromatic carbocycles. The number of para-hydroxylation sites is 1. The lowest BCUT2D eigenvalue weighted by Crippen LogP contribution is -2.29. The first-order chi connectivity index (χ1) is 11.7. The molecule has 24 heavy (non-hydrogen) atoms. The van der Waals surface area contributed by atoms with Crippen LogP contribution in [0.1, 0.15) is 31.9 Å². The van der Waals surface area contributed by atoms with Crippen molar-refractivity contribution in [1.82, 2.24) is 14.8 Å². The van der Waals surface area contributed by atoms with E-state index >= 15 is 0 Å². The van der Waals surface area contributed by atoms with Gasteiger partial charge >= 0.3 is 5.97 Å². The zero-order valence-electron chi connectivity index (χ0n) is 13.9. The molecule has 0 radical (unpaired) electrons. The number of hydrogen-bond donors (Lipinski definition) is 1. The number of anilines is 1. The summed E-state index contributed by atoms with van der Waals surface area (Å²) in [4.78, 5) is 16.6. The highest BCUT2D eigenvalue weighted by Gasteiger charge is 2.35. The molecule has 0 unspecified atom stereocenters. The molecule has 0 spiro atoms. The van der Waals surface area contributed by atoms with Gasteiger partial charge in [-0.1, -0.05) is 25.1 Å². The molecular weight excluding hydrogens is 308 g/mol. The van der Waals surface area contributed by atoms with Crippen LogP contribution in [-0.2, 0) is 9.53 Å². The predicted octanol–water partition coefficient (Wildman–Crippen LogP) is 2.53. The van der Waals surface area contributed by atoms with E-state index < -0.39 is 12.0 Å². The van der Waals surface area contributed by atoms with E-state index in [1.165, 1.54) is 13.4 Å². The van der Waals surface area contributed by atoms with Crippen molar-refractivity contribution in [2.75, 3.05) is 19.0 Å². The van der Waals surface area contributed by atoms with Crippen molar-refractivity contribution in [2.45, 2.75) is 26.3 Å². The Morgan fingerprint density at radius 3 is 2.92 bits per heavy atom. The lowest BCUT2D eigenvalue weighted by atomic mass is 9.95. The molecule has 7 heteroatoms. The first-order valence-corrected chi connectivity index (χ1v) is 7.84. The van der Waals surface area contributed by atoms with E-state index in [4.69, 9.17) is 9.47 Å². The summed E-state index contributed by atoms with van der Waals surface area (Å²) in [5.41, 5.74) is 2.03. The van der Waals surface area contributed by atoms with Crippen LogP contribution in [0.2, 0.25) is 0 Å². The highest BCUT2D eigenvalue weighted by molar-refractivity contribution is 5.92. The number of rotatable bonds is 5. The molecule has 1 aliphatic heterocycles.